The Hall–Kier alpha value is -3.00. The molecule has 8 nitrogen and oxygen atoms in total. The summed E-state index contributed by atoms with van der Waals surface area (Å²) in [6, 6.07) is 5.80. The van der Waals surface area contributed by atoms with E-state index in [1.807, 2.05) is 45.9 Å². The van der Waals surface area contributed by atoms with E-state index in [2.05, 4.69) is 24.7 Å². The summed E-state index contributed by atoms with van der Waals surface area (Å²) in [6.45, 7) is 8.35. The van der Waals surface area contributed by atoms with E-state index < -0.39 is 5.60 Å². The number of hydrogen-bond acceptors (Lipinski definition) is 6. The van der Waals surface area contributed by atoms with E-state index in [-0.39, 0.29) is 12.0 Å². The number of aryl methyl sites for hydroxylation is 1. The summed E-state index contributed by atoms with van der Waals surface area (Å²) in [5, 5.41) is 9.81. The zero-order valence-electron chi connectivity index (χ0n) is 20.7. The van der Waals surface area contributed by atoms with E-state index >= 15 is 0 Å². The van der Waals surface area contributed by atoms with Crippen molar-refractivity contribution in [2.75, 3.05) is 0 Å². The highest BCUT2D eigenvalue weighted by atomic mass is 35.5. The van der Waals surface area contributed by atoms with E-state index in [4.69, 9.17) is 16.3 Å². The lowest BCUT2D eigenvalue weighted by atomic mass is 9.79. The number of rotatable bonds is 2. The van der Waals surface area contributed by atoms with Crippen molar-refractivity contribution in [3.8, 4) is 5.69 Å². The number of carbonyl (C=O) groups excluding carboxylic acids is 1. The number of hydrogen-bond donors (Lipinski definition) is 0. The minimum atomic E-state index is -0.584. The highest BCUT2D eigenvalue weighted by Gasteiger charge is 2.33. The van der Waals surface area contributed by atoms with Crippen LogP contribution in [0.1, 0.15) is 86.9 Å². The third kappa shape index (κ3) is 4.89. The Kier molecular flexibility index (Phi) is 6.25. The summed E-state index contributed by atoms with van der Waals surface area (Å²) in [5.74, 6) is 2.38. The molecule has 1 aliphatic heterocycles. The summed E-state index contributed by atoms with van der Waals surface area (Å²) in [4.78, 5) is 23.7. The molecule has 35 heavy (non-hydrogen) atoms. The van der Waals surface area contributed by atoms with Crippen LogP contribution in [0.3, 0.4) is 0 Å². The number of ether oxygens (including phenoxy) is 1. The first-order chi connectivity index (χ1) is 16.7. The molecule has 3 aromatic rings. The quantitative estimate of drug-likeness (QED) is 0.453. The molecule has 5 rings (SSSR count). The van der Waals surface area contributed by atoms with Gasteiger partial charge in [-0.25, -0.2) is 4.79 Å². The summed E-state index contributed by atoms with van der Waals surface area (Å²) in [7, 11) is 0. The van der Waals surface area contributed by atoms with Crippen molar-refractivity contribution in [3.63, 3.8) is 0 Å². The molecule has 2 aromatic heterocycles. The Morgan fingerprint density at radius 3 is 2.46 bits per heavy atom. The largest absolute Gasteiger partial charge is 0.444 e. The topological polar surface area (TPSA) is 86.0 Å². The molecule has 0 atom stereocenters. The molecule has 1 aromatic carbocycles. The molecule has 1 fully saturated rings. The van der Waals surface area contributed by atoms with E-state index in [0.29, 0.717) is 24.0 Å². The molecule has 9 heteroatoms. The van der Waals surface area contributed by atoms with Gasteiger partial charge < -0.3 is 4.74 Å². The van der Waals surface area contributed by atoms with Gasteiger partial charge in [-0.2, -0.15) is 0 Å². The third-order valence-electron chi connectivity index (χ3n) is 6.78. The van der Waals surface area contributed by atoms with Crippen LogP contribution in [0.2, 0.25) is 5.02 Å². The monoisotopic (exact) mass is 494 g/mol. The Labute approximate surface area is 210 Å². The summed E-state index contributed by atoms with van der Waals surface area (Å²) in [5.41, 5.74) is 3.47. The Morgan fingerprint density at radius 2 is 1.74 bits per heavy atom. The zero-order valence-corrected chi connectivity index (χ0v) is 21.4. The first-order valence-corrected chi connectivity index (χ1v) is 12.6. The molecule has 1 amide bonds. The second-order valence-corrected chi connectivity index (χ2v) is 10.9. The number of benzene rings is 1. The van der Waals surface area contributed by atoms with Crippen molar-refractivity contribution in [2.45, 2.75) is 83.9 Å². The number of amides is 1. The molecular weight excluding hydrogens is 464 g/mol. The maximum Gasteiger partial charge on any atom is 0.411 e. The predicted molar refractivity (Wildman–Crippen MR) is 133 cm³/mol. The van der Waals surface area contributed by atoms with Crippen LogP contribution in [0.5, 0.6) is 0 Å². The Morgan fingerprint density at radius 1 is 1.03 bits per heavy atom. The minimum absolute atomic E-state index is 0.279. The van der Waals surface area contributed by atoms with E-state index in [1.165, 1.54) is 0 Å². The van der Waals surface area contributed by atoms with Gasteiger partial charge in [0.15, 0.2) is 5.82 Å². The average Bonchev–Trinajstić information content (AvgIpc) is 3.14. The van der Waals surface area contributed by atoms with Gasteiger partial charge in [0.1, 0.15) is 11.4 Å². The second-order valence-electron chi connectivity index (χ2n) is 10.5. The molecule has 0 bridgehead atoms. The second kappa shape index (κ2) is 9.22. The first-order valence-electron chi connectivity index (χ1n) is 12.2. The van der Waals surface area contributed by atoms with Crippen LogP contribution in [-0.4, -0.2) is 41.3 Å². The molecule has 0 spiro atoms. The van der Waals surface area contributed by atoms with Gasteiger partial charge in [-0.1, -0.05) is 11.6 Å². The van der Waals surface area contributed by atoms with Crippen molar-refractivity contribution >= 4 is 17.7 Å². The van der Waals surface area contributed by atoms with Gasteiger partial charge in [0.2, 0.25) is 0 Å². The van der Waals surface area contributed by atoms with Gasteiger partial charge in [-0.3, -0.25) is 19.4 Å². The van der Waals surface area contributed by atoms with Crippen molar-refractivity contribution in [2.24, 2.45) is 0 Å². The van der Waals surface area contributed by atoms with Gasteiger partial charge in [0.25, 0.3) is 0 Å². The molecule has 1 saturated carbocycles. The molecule has 1 aliphatic carbocycles. The minimum Gasteiger partial charge on any atom is -0.444 e. The van der Waals surface area contributed by atoms with Gasteiger partial charge in [0.05, 0.1) is 30.2 Å². The molecule has 184 valence electrons. The fraction of sp³-hybridized carbons (Fsp3) is 0.500. The van der Waals surface area contributed by atoms with Crippen LogP contribution < -0.4 is 0 Å². The van der Waals surface area contributed by atoms with E-state index in [1.54, 1.807) is 17.3 Å². The normalized spacial score (nSPS) is 20.1. The first kappa shape index (κ1) is 23.7. The molecule has 0 N–H and O–H groups in total. The lowest BCUT2D eigenvalue weighted by Crippen LogP contribution is -2.35. The molecule has 0 radical (unpaired) electrons. The summed E-state index contributed by atoms with van der Waals surface area (Å²) < 4.78 is 7.80. The van der Waals surface area contributed by atoms with E-state index in [9.17, 15) is 4.79 Å². The lowest BCUT2D eigenvalue weighted by molar-refractivity contribution is 0.0214. The van der Waals surface area contributed by atoms with Gasteiger partial charge in [0, 0.05) is 29.3 Å². The highest BCUT2D eigenvalue weighted by Crippen LogP contribution is 2.41. The maximum atomic E-state index is 13.0. The van der Waals surface area contributed by atoms with Crippen LogP contribution in [0, 0.1) is 6.92 Å². The van der Waals surface area contributed by atoms with Crippen LogP contribution in [0.15, 0.2) is 30.6 Å². The summed E-state index contributed by atoms with van der Waals surface area (Å²) in [6.07, 6.45) is 7.22. The van der Waals surface area contributed by atoms with Crippen molar-refractivity contribution in [1.29, 1.82) is 0 Å². The fourth-order valence-corrected chi connectivity index (χ4v) is 5.39. The predicted octanol–water partition coefficient (Wildman–Crippen LogP) is 5.71. The smallest absolute Gasteiger partial charge is 0.411 e. The third-order valence-corrected chi connectivity index (χ3v) is 7.02. The number of nitrogens with zero attached hydrogens (tertiary/aromatic N) is 6. The fourth-order valence-electron chi connectivity index (χ4n) is 5.19. The molecule has 2 aliphatic rings. The number of aromatic nitrogens is 5. The van der Waals surface area contributed by atoms with Gasteiger partial charge in [-0.05, 0) is 77.1 Å². The molecular formula is C26H31ClN6O2. The number of halogens is 1. The Bertz CT molecular complexity index is 1240. The van der Waals surface area contributed by atoms with Gasteiger partial charge in [-0.15, -0.1) is 10.2 Å². The van der Waals surface area contributed by atoms with Crippen molar-refractivity contribution < 1.29 is 9.53 Å². The van der Waals surface area contributed by atoms with Crippen LogP contribution in [0.4, 0.5) is 4.79 Å². The van der Waals surface area contributed by atoms with Crippen LogP contribution in [0.25, 0.3) is 5.69 Å². The van der Waals surface area contributed by atoms with E-state index in [0.717, 1.165) is 60.0 Å². The Balaban J connectivity index is 1.44. The standard InChI is InChI=1S/C26H31ClN6O2/c1-16-23(29-12-11-28-16)17-5-7-18(8-6-17)24-31-30-22-15-32(25(34)35-26(2,3)4)14-19-13-20(27)9-10-21(19)33(22)24/h9-13,17-18H,5-8,14-15H2,1-4H3. The summed E-state index contributed by atoms with van der Waals surface area (Å²) >= 11 is 6.35. The highest BCUT2D eigenvalue weighted by molar-refractivity contribution is 6.30. The zero-order chi connectivity index (χ0) is 24.7. The van der Waals surface area contributed by atoms with Gasteiger partial charge >= 0.3 is 6.09 Å². The molecule has 0 saturated heterocycles. The van der Waals surface area contributed by atoms with Crippen LogP contribution >= 0.6 is 11.6 Å². The van der Waals surface area contributed by atoms with Crippen molar-refractivity contribution in [3.05, 3.63) is 64.2 Å². The van der Waals surface area contributed by atoms with Crippen molar-refractivity contribution in [1.82, 2.24) is 29.6 Å². The maximum absolute atomic E-state index is 13.0. The number of fused-ring (bicyclic) bond motifs is 3. The average molecular weight is 495 g/mol. The molecule has 3 heterocycles. The van der Waals surface area contributed by atoms with Crippen LogP contribution in [-0.2, 0) is 17.8 Å². The number of carbonyl (C=O) groups is 1. The lowest BCUT2D eigenvalue weighted by Gasteiger charge is -2.28. The molecule has 0 unspecified atom stereocenters. The SMILES string of the molecule is Cc1nccnc1C1CCC(c2nnc3n2-c2ccc(Cl)cc2CN(C(=O)OC(C)(C)C)C3)CC1.